The molecule has 0 N–H and O–H groups in total. The first-order valence-electron chi connectivity index (χ1n) is 5.21. The van der Waals surface area contributed by atoms with Crippen molar-refractivity contribution >= 4 is 6.29 Å². The Labute approximate surface area is 94.5 Å². The van der Waals surface area contributed by atoms with Gasteiger partial charge in [0.05, 0.1) is 12.7 Å². The summed E-state index contributed by atoms with van der Waals surface area (Å²) < 4.78 is 3.91. The molecule has 0 aliphatic rings. The van der Waals surface area contributed by atoms with Gasteiger partial charge in [0.1, 0.15) is 0 Å². The van der Waals surface area contributed by atoms with E-state index in [0.717, 1.165) is 35.3 Å². The molecule has 0 amide bonds. The maximum atomic E-state index is 10.8. The molecule has 0 unspecified atom stereocenters. The average Bonchev–Trinajstić information content (AvgIpc) is 2.77. The van der Waals surface area contributed by atoms with Gasteiger partial charge < -0.3 is 4.57 Å². The van der Waals surface area contributed by atoms with E-state index in [0.29, 0.717) is 0 Å². The van der Waals surface area contributed by atoms with Crippen LogP contribution in [0.3, 0.4) is 0 Å². The lowest BCUT2D eigenvalue weighted by molar-refractivity contribution is 0.112. The first-order valence-corrected chi connectivity index (χ1v) is 5.21. The van der Waals surface area contributed by atoms with Crippen LogP contribution in [0.5, 0.6) is 0 Å². The molecular formula is C12H15N3O. The first kappa shape index (κ1) is 10.7. The highest BCUT2D eigenvalue weighted by Gasteiger charge is 2.09. The van der Waals surface area contributed by atoms with Gasteiger partial charge in [0.15, 0.2) is 6.29 Å². The number of rotatable bonds is 3. The summed E-state index contributed by atoms with van der Waals surface area (Å²) in [7, 11) is 1.90. The molecule has 4 nitrogen and oxygen atoms in total. The number of aromatic nitrogens is 3. The van der Waals surface area contributed by atoms with E-state index in [4.69, 9.17) is 0 Å². The fourth-order valence-electron chi connectivity index (χ4n) is 1.93. The predicted molar refractivity (Wildman–Crippen MR) is 61.6 cm³/mol. The van der Waals surface area contributed by atoms with Crippen molar-refractivity contribution in [1.29, 1.82) is 0 Å². The van der Waals surface area contributed by atoms with Gasteiger partial charge in [0.25, 0.3) is 0 Å². The van der Waals surface area contributed by atoms with Gasteiger partial charge in [0, 0.05) is 35.8 Å². The number of carbonyl (C=O) groups is 1. The molecule has 2 aromatic rings. The minimum atomic E-state index is 0.763. The van der Waals surface area contributed by atoms with Crippen LogP contribution in [-0.2, 0) is 13.6 Å². The Morgan fingerprint density at radius 3 is 2.69 bits per heavy atom. The topological polar surface area (TPSA) is 39.8 Å². The van der Waals surface area contributed by atoms with Gasteiger partial charge in [-0.1, -0.05) is 0 Å². The zero-order valence-electron chi connectivity index (χ0n) is 9.77. The second kappa shape index (κ2) is 3.96. The number of hydrogen-bond donors (Lipinski definition) is 0. The van der Waals surface area contributed by atoms with E-state index >= 15 is 0 Å². The predicted octanol–water partition coefficient (Wildman–Crippen LogP) is 1.70. The Kier molecular flexibility index (Phi) is 2.64. The smallest absolute Gasteiger partial charge is 0.151 e. The molecule has 2 aromatic heterocycles. The molecule has 0 atom stereocenters. The molecular weight excluding hydrogens is 202 g/mol. The van der Waals surface area contributed by atoms with Crippen LogP contribution >= 0.6 is 0 Å². The maximum Gasteiger partial charge on any atom is 0.151 e. The number of carbonyl (C=O) groups excluding carboxylic acids is 1. The van der Waals surface area contributed by atoms with Crippen molar-refractivity contribution in [3.05, 3.63) is 41.0 Å². The average molecular weight is 217 g/mol. The van der Waals surface area contributed by atoms with E-state index in [1.54, 1.807) is 4.68 Å². The lowest BCUT2D eigenvalue weighted by atomic mass is 10.3. The molecule has 2 heterocycles. The molecule has 0 radical (unpaired) electrons. The third-order valence-electron chi connectivity index (χ3n) is 2.84. The summed E-state index contributed by atoms with van der Waals surface area (Å²) in [6.45, 7) is 4.74. The molecule has 2 rings (SSSR count). The molecule has 0 saturated carbocycles. The fraction of sp³-hybridized carbons (Fsp3) is 0.333. The van der Waals surface area contributed by atoms with Crippen molar-refractivity contribution in [3.63, 3.8) is 0 Å². The van der Waals surface area contributed by atoms with Crippen LogP contribution in [0, 0.1) is 13.8 Å². The zero-order chi connectivity index (χ0) is 11.7. The SMILES string of the molecule is Cc1cc(C=O)c(C)n1Cc1cnn(C)c1. The molecule has 16 heavy (non-hydrogen) atoms. The molecule has 0 aliphatic carbocycles. The van der Waals surface area contributed by atoms with Crippen molar-refractivity contribution in [1.82, 2.24) is 14.3 Å². The quantitative estimate of drug-likeness (QED) is 0.734. The summed E-state index contributed by atoms with van der Waals surface area (Å²) >= 11 is 0. The summed E-state index contributed by atoms with van der Waals surface area (Å²) in [6.07, 6.45) is 4.74. The molecule has 0 aromatic carbocycles. The van der Waals surface area contributed by atoms with Crippen molar-refractivity contribution in [2.24, 2.45) is 7.05 Å². The molecule has 0 fully saturated rings. The Hall–Kier alpha value is -1.84. The summed E-state index contributed by atoms with van der Waals surface area (Å²) in [5, 5.41) is 4.13. The highest BCUT2D eigenvalue weighted by molar-refractivity contribution is 5.77. The normalized spacial score (nSPS) is 10.7. The monoisotopic (exact) mass is 217 g/mol. The molecule has 4 heteroatoms. The van der Waals surface area contributed by atoms with E-state index in [1.807, 2.05) is 39.4 Å². The van der Waals surface area contributed by atoms with Crippen molar-refractivity contribution in [3.8, 4) is 0 Å². The third kappa shape index (κ3) is 1.78. The standard InChI is InChI=1S/C12H15N3O/c1-9-4-12(8-16)10(2)15(9)7-11-5-13-14(3)6-11/h4-6,8H,7H2,1-3H3. The van der Waals surface area contributed by atoms with Crippen LogP contribution in [0.4, 0.5) is 0 Å². The van der Waals surface area contributed by atoms with Gasteiger partial charge in [-0.15, -0.1) is 0 Å². The van der Waals surface area contributed by atoms with Crippen molar-refractivity contribution < 1.29 is 4.79 Å². The molecule has 0 bridgehead atoms. The van der Waals surface area contributed by atoms with E-state index in [1.165, 1.54) is 0 Å². The Morgan fingerprint density at radius 2 is 2.19 bits per heavy atom. The summed E-state index contributed by atoms with van der Waals surface area (Å²) in [5.74, 6) is 0. The van der Waals surface area contributed by atoms with Crippen LogP contribution in [0.1, 0.15) is 27.3 Å². The van der Waals surface area contributed by atoms with Crippen LogP contribution in [0.2, 0.25) is 0 Å². The van der Waals surface area contributed by atoms with Gasteiger partial charge in [-0.05, 0) is 19.9 Å². The van der Waals surface area contributed by atoms with Gasteiger partial charge in [-0.2, -0.15) is 5.10 Å². The molecule has 0 spiro atoms. The lowest BCUT2D eigenvalue weighted by Gasteiger charge is -2.07. The van der Waals surface area contributed by atoms with E-state index in [9.17, 15) is 4.79 Å². The largest absolute Gasteiger partial charge is 0.344 e. The van der Waals surface area contributed by atoms with Crippen LogP contribution in [-0.4, -0.2) is 20.6 Å². The first-order chi connectivity index (χ1) is 7.61. The summed E-state index contributed by atoms with van der Waals surface area (Å²) in [4.78, 5) is 10.8. The van der Waals surface area contributed by atoms with E-state index in [-0.39, 0.29) is 0 Å². The van der Waals surface area contributed by atoms with Crippen molar-refractivity contribution in [2.45, 2.75) is 20.4 Å². The highest BCUT2D eigenvalue weighted by atomic mass is 16.1. The highest BCUT2D eigenvalue weighted by Crippen LogP contribution is 2.15. The van der Waals surface area contributed by atoms with Gasteiger partial charge >= 0.3 is 0 Å². The van der Waals surface area contributed by atoms with E-state index in [2.05, 4.69) is 9.67 Å². The molecule has 0 saturated heterocycles. The second-order valence-electron chi connectivity index (χ2n) is 4.05. The van der Waals surface area contributed by atoms with Crippen LogP contribution in [0.25, 0.3) is 0 Å². The number of aldehydes is 1. The minimum absolute atomic E-state index is 0.763. The van der Waals surface area contributed by atoms with Crippen molar-refractivity contribution in [2.75, 3.05) is 0 Å². The zero-order valence-corrected chi connectivity index (χ0v) is 9.77. The second-order valence-corrected chi connectivity index (χ2v) is 4.05. The van der Waals surface area contributed by atoms with Crippen LogP contribution in [0.15, 0.2) is 18.5 Å². The summed E-state index contributed by atoms with van der Waals surface area (Å²) in [5.41, 5.74) is 4.02. The Balaban J connectivity index is 2.34. The van der Waals surface area contributed by atoms with E-state index < -0.39 is 0 Å². The third-order valence-corrected chi connectivity index (χ3v) is 2.84. The Bertz CT molecular complexity index is 522. The Morgan fingerprint density at radius 1 is 1.44 bits per heavy atom. The fourth-order valence-corrected chi connectivity index (χ4v) is 1.93. The van der Waals surface area contributed by atoms with Gasteiger partial charge in [-0.25, -0.2) is 0 Å². The van der Waals surface area contributed by atoms with Gasteiger partial charge in [0.2, 0.25) is 0 Å². The summed E-state index contributed by atoms with van der Waals surface area (Å²) in [6, 6.07) is 1.92. The maximum absolute atomic E-state index is 10.8. The number of hydrogen-bond acceptors (Lipinski definition) is 2. The van der Waals surface area contributed by atoms with Gasteiger partial charge in [-0.3, -0.25) is 9.48 Å². The molecule has 84 valence electrons. The number of aryl methyl sites for hydroxylation is 2. The minimum Gasteiger partial charge on any atom is -0.344 e. The molecule has 0 aliphatic heterocycles. The lowest BCUT2D eigenvalue weighted by Crippen LogP contribution is -2.03. The number of nitrogens with zero attached hydrogens (tertiary/aromatic N) is 3. The van der Waals surface area contributed by atoms with Crippen LogP contribution < -0.4 is 0 Å².